The van der Waals surface area contributed by atoms with Crippen molar-refractivity contribution in [2.75, 3.05) is 25.0 Å². The van der Waals surface area contributed by atoms with Gasteiger partial charge in [0.05, 0.1) is 0 Å². The highest BCUT2D eigenvalue weighted by Crippen LogP contribution is 2.28. The molecule has 5 nitrogen and oxygen atoms in total. The Balaban J connectivity index is 1.66. The molecule has 1 heterocycles. The molecule has 3 rings (SSSR count). The van der Waals surface area contributed by atoms with E-state index in [4.69, 9.17) is 4.74 Å². The number of nitrogens with one attached hydrogen (secondary N) is 1. The van der Waals surface area contributed by atoms with Gasteiger partial charge in [0.15, 0.2) is 6.61 Å². The van der Waals surface area contributed by atoms with Gasteiger partial charge in [0.25, 0.3) is 11.8 Å². The smallest absolute Gasteiger partial charge is 0.262 e. The van der Waals surface area contributed by atoms with Crippen LogP contribution in [0.25, 0.3) is 0 Å². The van der Waals surface area contributed by atoms with Gasteiger partial charge in [-0.3, -0.25) is 9.59 Å². The minimum Gasteiger partial charge on any atom is -0.483 e. The molecule has 2 aromatic rings. The van der Waals surface area contributed by atoms with Gasteiger partial charge in [-0.05, 0) is 49.7 Å². The summed E-state index contributed by atoms with van der Waals surface area (Å²) in [4.78, 5) is 26.1. The molecule has 130 valence electrons. The molecule has 2 amide bonds. The first kappa shape index (κ1) is 17.0. The highest BCUT2D eigenvalue weighted by atomic mass is 19.1. The third-order valence-corrected chi connectivity index (χ3v) is 4.15. The number of carbonyl (C=O) groups is 2. The van der Waals surface area contributed by atoms with E-state index in [1.807, 2.05) is 6.92 Å². The van der Waals surface area contributed by atoms with Gasteiger partial charge in [-0.15, -0.1) is 0 Å². The number of ether oxygens (including phenoxy) is 1. The molecule has 25 heavy (non-hydrogen) atoms. The van der Waals surface area contributed by atoms with E-state index in [-0.39, 0.29) is 24.2 Å². The monoisotopic (exact) mass is 342 g/mol. The molecule has 0 aromatic heterocycles. The van der Waals surface area contributed by atoms with E-state index in [2.05, 4.69) is 5.32 Å². The predicted molar refractivity (Wildman–Crippen MR) is 92.2 cm³/mol. The molecule has 2 aromatic carbocycles. The molecule has 0 atom stereocenters. The van der Waals surface area contributed by atoms with E-state index in [0.717, 1.165) is 5.56 Å². The van der Waals surface area contributed by atoms with Crippen LogP contribution in [0.4, 0.5) is 10.1 Å². The van der Waals surface area contributed by atoms with Crippen LogP contribution in [0, 0.1) is 5.82 Å². The topological polar surface area (TPSA) is 58.6 Å². The summed E-state index contributed by atoms with van der Waals surface area (Å²) in [5.41, 5.74) is 1.97. The Morgan fingerprint density at radius 1 is 1.24 bits per heavy atom. The SMILES string of the molecule is CCN1CCc2c(OCC(=O)Nc3ccc(F)cc3)cccc2C1=O. The lowest BCUT2D eigenvalue weighted by Crippen LogP contribution is -2.37. The van der Waals surface area contributed by atoms with Crippen LogP contribution < -0.4 is 10.1 Å². The largest absolute Gasteiger partial charge is 0.483 e. The van der Waals surface area contributed by atoms with Crippen LogP contribution in [0.15, 0.2) is 42.5 Å². The van der Waals surface area contributed by atoms with Crippen molar-refractivity contribution in [3.05, 3.63) is 59.4 Å². The minimum absolute atomic E-state index is 0.00929. The zero-order valence-electron chi connectivity index (χ0n) is 13.9. The number of nitrogens with zero attached hydrogens (tertiary/aromatic N) is 1. The Hall–Kier alpha value is -2.89. The maximum atomic E-state index is 12.9. The van der Waals surface area contributed by atoms with Crippen LogP contribution in [0.5, 0.6) is 5.75 Å². The Kier molecular flexibility index (Phi) is 4.97. The summed E-state index contributed by atoms with van der Waals surface area (Å²) in [6.07, 6.45) is 0.699. The number of likely N-dealkylation sites (N-methyl/N-ethyl adjacent to an activating group) is 1. The van der Waals surface area contributed by atoms with E-state index in [9.17, 15) is 14.0 Å². The molecule has 0 saturated heterocycles. The van der Waals surface area contributed by atoms with Crippen LogP contribution in [-0.4, -0.2) is 36.4 Å². The fourth-order valence-corrected chi connectivity index (χ4v) is 2.85. The van der Waals surface area contributed by atoms with Crippen LogP contribution in [0.3, 0.4) is 0 Å². The van der Waals surface area contributed by atoms with Crippen molar-refractivity contribution in [3.63, 3.8) is 0 Å². The van der Waals surface area contributed by atoms with E-state index in [1.54, 1.807) is 23.1 Å². The molecule has 0 aliphatic carbocycles. The average Bonchev–Trinajstić information content (AvgIpc) is 2.62. The lowest BCUT2D eigenvalue weighted by molar-refractivity contribution is -0.118. The molecule has 1 aliphatic heterocycles. The number of hydrogen-bond acceptors (Lipinski definition) is 3. The van der Waals surface area contributed by atoms with Crippen LogP contribution in [0.1, 0.15) is 22.8 Å². The molecular weight excluding hydrogens is 323 g/mol. The third kappa shape index (κ3) is 3.79. The molecule has 1 N–H and O–H groups in total. The zero-order valence-corrected chi connectivity index (χ0v) is 13.9. The molecule has 6 heteroatoms. The first-order chi connectivity index (χ1) is 12.1. The number of amides is 2. The van der Waals surface area contributed by atoms with Crippen molar-refractivity contribution < 1.29 is 18.7 Å². The van der Waals surface area contributed by atoms with Crippen molar-refractivity contribution in [1.82, 2.24) is 4.90 Å². The lowest BCUT2D eigenvalue weighted by Gasteiger charge is -2.28. The minimum atomic E-state index is -0.365. The third-order valence-electron chi connectivity index (χ3n) is 4.15. The maximum Gasteiger partial charge on any atom is 0.262 e. The summed E-state index contributed by atoms with van der Waals surface area (Å²) in [6, 6.07) is 10.8. The quantitative estimate of drug-likeness (QED) is 0.909. The molecule has 0 unspecified atom stereocenters. The summed E-state index contributed by atoms with van der Waals surface area (Å²) in [7, 11) is 0. The number of hydrogen-bond donors (Lipinski definition) is 1. The van der Waals surface area contributed by atoms with Gasteiger partial charge in [0.2, 0.25) is 0 Å². The van der Waals surface area contributed by atoms with E-state index < -0.39 is 0 Å². The van der Waals surface area contributed by atoms with Gasteiger partial charge in [-0.1, -0.05) is 6.07 Å². The first-order valence-corrected chi connectivity index (χ1v) is 8.18. The van der Waals surface area contributed by atoms with Crippen LogP contribution in [0.2, 0.25) is 0 Å². The van der Waals surface area contributed by atoms with Gasteiger partial charge in [-0.25, -0.2) is 4.39 Å². The van der Waals surface area contributed by atoms with E-state index in [1.165, 1.54) is 24.3 Å². The molecule has 0 radical (unpaired) electrons. The molecule has 0 fully saturated rings. The summed E-state index contributed by atoms with van der Waals surface area (Å²) in [5.74, 6) is -0.168. The normalized spacial score (nSPS) is 13.4. The summed E-state index contributed by atoms with van der Waals surface area (Å²) >= 11 is 0. The summed E-state index contributed by atoms with van der Waals surface area (Å²) < 4.78 is 18.5. The van der Waals surface area contributed by atoms with Crippen molar-refractivity contribution in [2.45, 2.75) is 13.3 Å². The first-order valence-electron chi connectivity index (χ1n) is 8.18. The number of carbonyl (C=O) groups excluding carboxylic acids is 2. The fourth-order valence-electron chi connectivity index (χ4n) is 2.85. The zero-order chi connectivity index (χ0) is 17.8. The Bertz CT molecular complexity index is 790. The summed E-state index contributed by atoms with van der Waals surface area (Å²) in [5, 5.41) is 2.64. The highest BCUT2D eigenvalue weighted by molar-refractivity contribution is 5.97. The number of fused-ring (bicyclic) bond motifs is 1. The molecule has 0 saturated carbocycles. The van der Waals surface area contributed by atoms with E-state index >= 15 is 0 Å². The lowest BCUT2D eigenvalue weighted by atomic mass is 9.98. The van der Waals surface area contributed by atoms with Crippen LogP contribution in [-0.2, 0) is 11.2 Å². The standard InChI is InChI=1S/C19H19FN2O3/c1-2-22-11-10-15-16(19(22)24)4-3-5-17(15)25-12-18(23)21-14-8-6-13(20)7-9-14/h3-9H,2,10-12H2,1H3,(H,21,23). The van der Waals surface area contributed by atoms with Crippen molar-refractivity contribution in [3.8, 4) is 5.75 Å². The molecule has 0 spiro atoms. The second-order valence-corrected chi connectivity index (χ2v) is 5.76. The second kappa shape index (κ2) is 7.34. The van der Waals surface area contributed by atoms with E-state index in [0.29, 0.717) is 36.5 Å². The average molecular weight is 342 g/mol. The Morgan fingerprint density at radius 3 is 2.72 bits per heavy atom. The van der Waals surface area contributed by atoms with Crippen molar-refractivity contribution in [2.24, 2.45) is 0 Å². The van der Waals surface area contributed by atoms with Crippen LogP contribution >= 0.6 is 0 Å². The van der Waals surface area contributed by atoms with Crippen molar-refractivity contribution in [1.29, 1.82) is 0 Å². The van der Waals surface area contributed by atoms with Crippen molar-refractivity contribution >= 4 is 17.5 Å². The number of rotatable bonds is 5. The molecule has 0 bridgehead atoms. The van der Waals surface area contributed by atoms with Gasteiger partial charge in [-0.2, -0.15) is 0 Å². The maximum absolute atomic E-state index is 12.9. The molecular formula is C19H19FN2O3. The van der Waals surface area contributed by atoms with Gasteiger partial charge in [0.1, 0.15) is 11.6 Å². The van der Waals surface area contributed by atoms with Gasteiger partial charge in [0, 0.05) is 29.9 Å². The highest BCUT2D eigenvalue weighted by Gasteiger charge is 2.25. The Morgan fingerprint density at radius 2 is 2.00 bits per heavy atom. The summed E-state index contributed by atoms with van der Waals surface area (Å²) in [6.45, 7) is 3.08. The number of halogens is 1. The molecule has 1 aliphatic rings. The number of benzene rings is 2. The predicted octanol–water partition coefficient (Wildman–Crippen LogP) is 2.86. The Labute approximate surface area is 145 Å². The second-order valence-electron chi connectivity index (χ2n) is 5.76. The van der Waals surface area contributed by atoms with Gasteiger partial charge >= 0.3 is 0 Å². The fraction of sp³-hybridized carbons (Fsp3) is 0.263. The number of anilines is 1. The van der Waals surface area contributed by atoms with Gasteiger partial charge < -0.3 is 15.0 Å².